The third-order valence-electron chi connectivity index (χ3n) is 10.4. The van der Waals surface area contributed by atoms with Gasteiger partial charge in [-0.25, -0.2) is 23.5 Å². The molecule has 258 valence electrons. The Bertz CT molecular complexity index is 2400. The standard InChI is InChI=1S/C38H31Cl2N5O6/c1-21-18-22(8-15-32(21)46)33-27-16-17-42-36(49)43(25-6-4-3-5-7-25)37(50)45(42)31(27)20-28-34(47)44(41-30-14-11-24(39)19-29(30)40)35(48)38(28,33)23-9-12-26(51-2)13-10-23/h3-16,18-19,28,31,33,41,46H,17,20H2,1-2H3. The molecule has 1 saturated heterocycles. The molecule has 4 unspecified atom stereocenters. The van der Waals surface area contributed by atoms with E-state index >= 15 is 4.79 Å². The van der Waals surface area contributed by atoms with Gasteiger partial charge in [0.25, 0.3) is 11.8 Å². The van der Waals surface area contributed by atoms with E-state index in [1.807, 2.05) is 6.08 Å². The van der Waals surface area contributed by atoms with Crippen LogP contribution < -0.4 is 21.5 Å². The van der Waals surface area contributed by atoms with Gasteiger partial charge in [0.2, 0.25) is 0 Å². The van der Waals surface area contributed by atoms with E-state index in [4.69, 9.17) is 27.9 Å². The normalized spacial score (nSPS) is 22.2. The van der Waals surface area contributed by atoms with Crippen LogP contribution in [0.3, 0.4) is 0 Å². The Morgan fingerprint density at radius 3 is 2.33 bits per heavy atom. The highest BCUT2D eigenvalue weighted by molar-refractivity contribution is 6.36. The number of hydrogen-bond acceptors (Lipinski definition) is 7. The second-order valence-corrected chi connectivity index (χ2v) is 13.8. The average molecular weight is 725 g/mol. The van der Waals surface area contributed by atoms with Crippen molar-refractivity contribution >= 4 is 40.7 Å². The predicted octanol–water partition coefficient (Wildman–Crippen LogP) is 5.75. The summed E-state index contributed by atoms with van der Waals surface area (Å²) >= 11 is 12.7. The topological polar surface area (TPSA) is 128 Å². The van der Waals surface area contributed by atoms with Crippen LogP contribution in [0.25, 0.3) is 5.69 Å². The van der Waals surface area contributed by atoms with Gasteiger partial charge in [-0.1, -0.05) is 71.7 Å². The van der Waals surface area contributed by atoms with Crippen LogP contribution in [-0.4, -0.2) is 43.0 Å². The zero-order valence-electron chi connectivity index (χ0n) is 27.4. The van der Waals surface area contributed by atoms with Crippen LogP contribution in [0.5, 0.6) is 11.5 Å². The van der Waals surface area contributed by atoms with Crippen LogP contribution >= 0.6 is 23.2 Å². The molecule has 11 nitrogen and oxygen atoms in total. The van der Waals surface area contributed by atoms with Crippen molar-refractivity contribution in [3.8, 4) is 17.2 Å². The number of halogens is 2. The van der Waals surface area contributed by atoms with E-state index in [9.17, 15) is 19.5 Å². The van der Waals surface area contributed by atoms with E-state index < -0.39 is 46.5 Å². The highest BCUT2D eigenvalue weighted by Gasteiger charge is 2.68. The van der Waals surface area contributed by atoms with Crippen LogP contribution in [-0.2, 0) is 21.5 Å². The van der Waals surface area contributed by atoms with Crippen molar-refractivity contribution in [3.63, 3.8) is 0 Å². The van der Waals surface area contributed by atoms with E-state index in [1.54, 1.807) is 99.0 Å². The molecule has 3 heterocycles. The van der Waals surface area contributed by atoms with Crippen molar-refractivity contribution in [2.24, 2.45) is 5.92 Å². The number of allylic oxidation sites excluding steroid dienone is 2. The minimum atomic E-state index is -1.53. The lowest BCUT2D eigenvalue weighted by atomic mass is 9.53. The summed E-state index contributed by atoms with van der Waals surface area (Å²) in [7, 11) is 1.54. The molecule has 8 rings (SSSR count). The number of carbonyl (C=O) groups is 2. The maximum atomic E-state index is 15.3. The molecule has 51 heavy (non-hydrogen) atoms. The van der Waals surface area contributed by atoms with E-state index in [1.165, 1.54) is 15.4 Å². The predicted molar refractivity (Wildman–Crippen MR) is 192 cm³/mol. The van der Waals surface area contributed by atoms with Gasteiger partial charge in [-0.2, -0.15) is 5.01 Å². The molecular weight excluding hydrogens is 693 g/mol. The van der Waals surface area contributed by atoms with Gasteiger partial charge in [-0.15, -0.1) is 0 Å². The minimum Gasteiger partial charge on any atom is -0.508 e. The lowest BCUT2D eigenvalue weighted by molar-refractivity contribution is -0.138. The first-order valence-corrected chi connectivity index (χ1v) is 17.1. The number of nitrogens with one attached hydrogen (secondary N) is 1. The summed E-state index contributed by atoms with van der Waals surface area (Å²) in [5.41, 5.74) is 3.57. The maximum absolute atomic E-state index is 15.3. The molecule has 1 aromatic heterocycles. The number of hydrogen-bond donors (Lipinski definition) is 2. The van der Waals surface area contributed by atoms with Gasteiger partial charge in [0.1, 0.15) is 11.5 Å². The number of fused-ring (bicyclic) bond motifs is 4. The number of para-hydroxylation sites is 1. The summed E-state index contributed by atoms with van der Waals surface area (Å²) < 4.78 is 9.38. The summed E-state index contributed by atoms with van der Waals surface area (Å²) in [6, 6.07) is 24.7. The molecule has 2 amide bonds. The number of aryl methyl sites for hydroxylation is 1. The van der Waals surface area contributed by atoms with Crippen molar-refractivity contribution < 1.29 is 19.4 Å². The third-order valence-corrected chi connectivity index (χ3v) is 11.0. The van der Waals surface area contributed by atoms with E-state index in [0.29, 0.717) is 44.4 Å². The Morgan fingerprint density at radius 1 is 0.902 bits per heavy atom. The van der Waals surface area contributed by atoms with E-state index in [2.05, 4.69) is 5.43 Å². The number of methoxy groups -OCH3 is 1. The molecule has 2 N–H and O–H groups in total. The first kappa shape index (κ1) is 32.7. The highest BCUT2D eigenvalue weighted by atomic mass is 35.5. The van der Waals surface area contributed by atoms with E-state index in [0.717, 1.165) is 9.58 Å². The zero-order chi connectivity index (χ0) is 35.8. The second kappa shape index (κ2) is 12.1. The average Bonchev–Trinajstić information content (AvgIpc) is 3.51. The molecule has 13 heteroatoms. The van der Waals surface area contributed by atoms with Gasteiger partial charge in [0, 0.05) is 10.9 Å². The fourth-order valence-electron chi connectivity index (χ4n) is 8.14. The van der Waals surface area contributed by atoms with Crippen LogP contribution in [0, 0.1) is 12.8 Å². The van der Waals surface area contributed by atoms with Crippen molar-refractivity contribution in [3.05, 3.63) is 150 Å². The molecule has 0 radical (unpaired) electrons. The number of amides is 2. The van der Waals surface area contributed by atoms with Gasteiger partial charge in [0.15, 0.2) is 0 Å². The van der Waals surface area contributed by atoms with Crippen LogP contribution in [0.1, 0.15) is 35.1 Å². The summed E-state index contributed by atoms with van der Waals surface area (Å²) in [5, 5.41) is 12.2. The Hall–Kier alpha value is -5.52. The van der Waals surface area contributed by atoms with Gasteiger partial charge in [-0.05, 0) is 84.1 Å². The van der Waals surface area contributed by atoms with E-state index in [-0.39, 0.29) is 23.7 Å². The number of benzene rings is 4. The molecule has 0 bridgehead atoms. The lowest BCUT2D eigenvalue weighted by Gasteiger charge is -2.49. The molecule has 3 aliphatic rings. The van der Waals surface area contributed by atoms with Crippen LogP contribution in [0.2, 0.25) is 10.0 Å². The molecule has 1 saturated carbocycles. The number of nitrogens with zero attached hydrogens (tertiary/aromatic N) is 4. The number of anilines is 1. The molecule has 5 aromatic rings. The number of ether oxygens (including phenoxy) is 1. The molecule has 2 aliphatic heterocycles. The fourth-order valence-corrected chi connectivity index (χ4v) is 8.59. The SMILES string of the molecule is COc1ccc(C23C(=O)N(Nc4ccc(Cl)cc4Cl)C(=O)C2CC2C(=CCn4c(=O)n(-c5ccccc5)c(=O)n42)C3c2ccc(O)c(C)c2)cc1. The smallest absolute Gasteiger partial charge is 0.352 e. The molecule has 0 spiro atoms. The number of imide groups is 1. The maximum Gasteiger partial charge on any atom is 0.352 e. The number of aromatic hydroxyl groups is 1. The number of hydrazine groups is 1. The fraction of sp³-hybridized carbons (Fsp3) is 0.211. The van der Waals surface area contributed by atoms with Crippen molar-refractivity contribution in [2.45, 2.75) is 37.3 Å². The Morgan fingerprint density at radius 2 is 1.65 bits per heavy atom. The number of carbonyl (C=O) groups excluding carboxylic acids is 2. The summed E-state index contributed by atoms with van der Waals surface area (Å²) in [4.78, 5) is 58.2. The molecule has 2 fully saturated rings. The van der Waals surface area contributed by atoms with Crippen molar-refractivity contribution in [2.75, 3.05) is 12.5 Å². The second-order valence-electron chi connectivity index (χ2n) is 13.0. The largest absolute Gasteiger partial charge is 0.508 e. The number of phenolic OH excluding ortho intramolecular Hbond substituents is 1. The Balaban J connectivity index is 1.39. The zero-order valence-corrected chi connectivity index (χ0v) is 28.9. The molecular formula is C38H31Cl2N5O6. The molecule has 4 atom stereocenters. The first-order valence-electron chi connectivity index (χ1n) is 16.3. The number of aromatic nitrogens is 3. The minimum absolute atomic E-state index is 0.0285. The van der Waals surface area contributed by atoms with Gasteiger partial charge in [-0.3, -0.25) is 15.0 Å². The number of phenols is 1. The summed E-state index contributed by atoms with van der Waals surface area (Å²) in [6.45, 7) is 1.81. The summed E-state index contributed by atoms with van der Waals surface area (Å²) in [5.74, 6) is -2.26. The number of rotatable bonds is 6. The molecule has 4 aromatic carbocycles. The lowest BCUT2D eigenvalue weighted by Crippen LogP contribution is -2.53. The van der Waals surface area contributed by atoms with Gasteiger partial charge in [0.05, 0.1) is 47.4 Å². The highest BCUT2D eigenvalue weighted by Crippen LogP contribution is 2.62. The molecule has 1 aliphatic carbocycles. The summed E-state index contributed by atoms with van der Waals surface area (Å²) in [6.07, 6.45) is 1.92. The van der Waals surface area contributed by atoms with Gasteiger partial charge >= 0.3 is 11.4 Å². The Kier molecular flexibility index (Phi) is 7.73. The monoisotopic (exact) mass is 723 g/mol. The first-order chi connectivity index (χ1) is 24.6. The third kappa shape index (κ3) is 4.79. The van der Waals surface area contributed by atoms with Crippen molar-refractivity contribution in [1.29, 1.82) is 0 Å². The Labute approximate surface area is 301 Å². The van der Waals surface area contributed by atoms with Gasteiger partial charge < -0.3 is 9.84 Å². The van der Waals surface area contributed by atoms with Crippen LogP contribution in [0.4, 0.5) is 5.69 Å². The van der Waals surface area contributed by atoms with Crippen molar-refractivity contribution in [1.82, 2.24) is 18.9 Å². The quantitative estimate of drug-likeness (QED) is 0.169. The van der Waals surface area contributed by atoms with Crippen LogP contribution in [0.15, 0.2) is 112 Å².